The van der Waals surface area contributed by atoms with E-state index >= 15 is 0 Å². The summed E-state index contributed by atoms with van der Waals surface area (Å²) < 4.78 is 21.0. The van der Waals surface area contributed by atoms with Crippen LogP contribution in [0.3, 0.4) is 0 Å². The zero-order chi connectivity index (χ0) is 30.8. The summed E-state index contributed by atoms with van der Waals surface area (Å²) in [5.74, 6) is 0.585. The zero-order valence-corrected chi connectivity index (χ0v) is 26.6. The molecule has 10 heteroatoms. The lowest BCUT2D eigenvalue weighted by Crippen LogP contribution is -2.40. The molecule has 2 aromatic heterocycles. The van der Waals surface area contributed by atoms with Crippen molar-refractivity contribution in [2.45, 2.75) is 46.6 Å². The zero-order valence-electron chi connectivity index (χ0n) is 25.1. The van der Waals surface area contributed by atoms with Crippen LogP contribution in [-0.4, -0.2) is 35.9 Å². The Morgan fingerprint density at radius 2 is 1.81 bits per heavy atom. The molecular weight excluding hydrogens is 586 g/mol. The van der Waals surface area contributed by atoms with Gasteiger partial charge in [-0.15, -0.1) is 0 Å². The standard InChI is InChI=1S/C33H34ClN3O5S/c1-7-9-26-29(32(39)42-8-2)30(25-18-24(40-5)14-15-27(25)41-6)37-31(38)28(43-33(37)35-26)17-21-16-19(3)36(20(21)4)23-12-10-22(34)11-13-23/h10-18,30H,7-9H2,1-6H3/b28-17-/t30-/m0/s1. The largest absolute Gasteiger partial charge is 0.497 e. The lowest BCUT2D eigenvalue weighted by Gasteiger charge is -2.27. The number of benzene rings is 2. The van der Waals surface area contributed by atoms with E-state index < -0.39 is 12.0 Å². The number of esters is 1. The lowest BCUT2D eigenvalue weighted by atomic mass is 9.93. The molecule has 224 valence electrons. The van der Waals surface area contributed by atoms with Crippen LogP contribution in [0.2, 0.25) is 5.02 Å². The maximum atomic E-state index is 14.3. The van der Waals surface area contributed by atoms with Crippen LogP contribution in [0.5, 0.6) is 11.5 Å². The number of hydrogen-bond donors (Lipinski definition) is 0. The van der Waals surface area contributed by atoms with E-state index in [1.807, 2.05) is 51.1 Å². The molecule has 0 amide bonds. The molecule has 0 aliphatic carbocycles. The van der Waals surface area contributed by atoms with Crippen molar-refractivity contribution < 1.29 is 19.0 Å². The van der Waals surface area contributed by atoms with Gasteiger partial charge in [0.1, 0.15) is 17.5 Å². The summed E-state index contributed by atoms with van der Waals surface area (Å²) in [4.78, 5) is 33.2. The molecule has 0 unspecified atom stereocenters. The second-order valence-corrected chi connectivity index (χ2v) is 11.6. The van der Waals surface area contributed by atoms with Gasteiger partial charge < -0.3 is 18.8 Å². The average Bonchev–Trinajstić information content (AvgIpc) is 3.46. The van der Waals surface area contributed by atoms with Crippen LogP contribution in [0.1, 0.15) is 55.2 Å². The van der Waals surface area contributed by atoms with Crippen molar-refractivity contribution in [2.75, 3.05) is 20.8 Å². The summed E-state index contributed by atoms with van der Waals surface area (Å²) in [6, 6.07) is 14.2. The molecule has 1 aliphatic heterocycles. The van der Waals surface area contributed by atoms with Crippen molar-refractivity contribution in [3.8, 4) is 17.2 Å². The molecule has 0 fully saturated rings. The number of rotatable bonds is 9. The van der Waals surface area contributed by atoms with Crippen LogP contribution in [0, 0.1) is 13.8 Å². The van der Waals surface area contributed by atoms with Crippen LogP contribution < -0.4 is 24.4 Å². The van der Waals surface area contributed by atoms with Gasteiger partial charge in [-0.25, -0.2) is 9.79 Å². The van der Waals surface area contributed by atoms with Gasteiger partial charge in [-0.05, 0) is 87.4 Å². The predicted molar refractivity (Wildman–Crippen MR) is 169 cm³/mol. The Hall–Kier alpha value is -4.08. The molecule has 43 heavy (non-hydrogen) atoms. The van der Waals surface area contributed by atoms with Crippen LogP contribution in [0.25, 0.3) is 11.8 Å². The summed E-state index contributed by atoms with van der Waals surface area (Å²) in [6.07, 6.45) is 3.20. The molecular formula is C33H34ClN3O5S. The van der Waals surface area contributed by atoms with Crippen LogP contribution in [0.4, 0.5) is 0 Å². The highest BCUT2D eigenvalue weighted by Gasteiger charge is 2.36. The van der Waals surface area contributed by atoms with Crippen LogP contribution in [-0.2, 0) is 9.53 Å². The van der Waals surface area contributed by atoms with Gasteiger partial charge in [-0.2, -0.15) is 0 Å². The van der Waals surface area contributed by atoms with Crippen molar-refractivity contribution >= 4 is 35.0 Å². The summed E-state index contributed by atoms with van der Waals surface area (Å²) in [5.41, 5.74) is 5.18. The summed E-state index contributed by atoms with van der Waals surface area (Å²) in [6.45, 7) is 8.02. The van der Waals surface area contributed by atoms with Crippen LogP contribution in [0.15, 0.2) is 69.6 Å². The minimum Gasteiger partial charge on any atom is -0.497 e. The normalized spacial score (nSPS) is 14.9. The van der Waals surface area contributed by atoms with E-state index in [1.54, 1.807) is 43.9 Å². The topological polar surface area (TPSA) is 84.0 Å². The molecule has 2 aromatic carbocycles. The van der Waals surface area contributed by atoms with Crippen molar-refractivity contribution in [3.05, 3.63) is 107 Å². The predicted octanol–water partition coefficient (Wildman–Crippen LogP) is 5.66. The number of nitrogens with zero attached hydrogens (tertiary/aromatic N) is 3. The molecule has 1 aliphatic rings. The Morgan fingerprint density at radius 3 is 2.47 bits per heavy atom. The van der Waals surface area contributed by atoms with Gasteiger partial charge in [0.25, 0.3) is 5.56 Å². The van der Waals surface area contributed by atoms with E-state index in [4.69, 9.17) is 30.8 Å². The first-order chi connectivity index (χ1) is 20.7. The maximum absolute atomic E-state index is 14.3. The maximum Gasteiger partial charge on any atom is 0.338 e. The Balaban J connectivity index is 1.76. The molecule has 0 bridgehead atoms. The molecule has 0 radical (unpaired) electrons. The number of carbonyl (C=O) groups excluding carboxylic acids is 1. The minimum absolute atomic E-state index is 0.192. The Labute approximate surface area is 259 Å². The third-order valence-corrected chi connectivity index (χ3v) is 8.70. The summed E-state index contributed by atoms with van der Waals surface area (Å²) >= 11 is 7.42. The fourth-order valence-corrected chi connectivity index (χ4v) is 6.67. The molecule has 0 N–H and O–H groups in total. The van der Waals surface area contributed by atoms with Gasteiger partial charge in [-0.1, -0.05) is 36.3 Å². The quantitative estimate of drug-likeness (QED) is 0.226. The smallest absolute Gasteiger partial charge is 0.338 e. The molecule has 0 saturated heterocycles. The molecule has 1 atom stereocenters. The SMILES string of the molecule is CCCC1=C(C(=O)OCC)[C@H](c2cc(OC)ccc2OC)n2c(s/c(=C\c3cc(C)n(-c4ccc(Cl)cc4)c3C)c2=O)=N1. The number of fused-ring (bicyclic) bond motifs is 1. The first kappa shape index (κ1) is 30.4. The number of halogens is 1. The second-order valence-electron chi connectivity index (χ2n) is 10.2. The lowest BCUT2D eigenvalue weighted by molar-refractivity contribution is -0.139. The third-order valence-electron chi connectivity index (χ3n) is 7.47. The van der Waals surface area contributed by atoms with Gasteiger partial charge in [0.05, 0.1) is 36.6 Å². The average molecular weight is 620 g/mol. The van der Waals surface area contributed by atoms with E-state index in [1.165, 1.54) is 11.3 Å². The number of aromatic nitrogens is 2. The second kappa shape index (κ2) is 12.7. The number of methoxy groups -OCH3 is 2. The van der Waals surface area contributed by atoms with E-state index in [0.717, 1.165) is 29.1 Å². The number of aryl methyl sites for hydroxylation is 1. The van der Waals surface area contributed by atoms with Crippen molar-refractivity contribution in [1.82, 2.24) is 9.13 Å². The van der Waals surface area contributed by atoms with Gasteiger partial charge >= 0.3 is 5.97 Å². The molecule has 5 rings (SSSR count). The van der Waals surface area contributed by atoms with Crippen molar-refractivity contribution in [1.29, 1.82) is 0 Å². The fourth-order valence-electron chi connectivity index (χ4n) is 5.53. The van der Waals surface area contributed by atoms with E-state index in [0.29, 0.717) is 49.1 Å². The summed E-state index contributed by atoms with van der Waals surface area (Å²) in [7, 11) is 3.13. The van der Waals surface area contributed by atoms with Gasteiger partial charge in [0.2, 0.25) is 0 Å². The Kier molecular flexibility index (Phi) is 8.94. The number of allylic oxidation sites excluding steroid dienone is 1. The first-order valence-electron chi connectivity index (χ1n) is 14.1. The highest BCUT2D eigenvalue weighted by Crippen LogP contribution is 2.38. The number of ether oxygens (including phenoxy) is 3. The molecule has 0 saturated carbocycles. The highest BCUT2D eigenvalue weighted by atomic mass is 35.5. The van der Waals surface area contributed by atoms with Crippen LogP contribution >= 0.6 is 22.9 Å². The molecule has 3 heterocycles. The van der Waals surface area contributed by atoms with E-state index in [-0.39, 0.29) is 12.2 Å². The number of carbonyl (C=O) groups is 1. The number of thiazole rings is 1. The summed E-state index contributed by atoms with van der Waals surface area (Å²) in [5, 5.41) is 0.666. The van der Waals surface area contributed by atoms with Crippen molar-refractivity contribution in [2.24, 2.45) is 4.99 Å². The van der Waals surface area contributed by atoms with Gasteiger partial charge in [-0.3, -0.25) is 9.36 Å². The van der Waals surface area contributed by atoms with E-state index in [2.05, 4.69) is 10.6 Å². The van der Waals surface area contributed by atoms with E-state index in [9.17, 15) is 9.59 Å². The van der Waals surface area contributed by atoms with Gasteiger partial charge in [0, 0.05) is 27.7 Å². The Bertz CT molecular complexity index is 1900. The van der Waals surface area contributed by atoms with Gasteiger partial charge in [0.15, 0.2) is 4.80 Å². The van der Waals surface area contributed by atoms with Crippen molar-refractivity contribution in [3.63, 3.8) is 0 Å². The fraction of sp³-hybridized carbons (Fsp3) is 0.303. The first-order valence-corrected chi connectivity index (χ1v) is 15.3. The molecule has 4 aromatic rings. The number of hydrogen-bond acceptors (Lipinski definition) is 7. The Morgan fingerprint density at radius 1 is 1.07 bits per heavy atom. The molecule has 0 spiro atoms. The third kappa shape index (κ3) is 5.67. The monoisotopic (exact) mass is 619 g/mol. The minimum atomic E-state index is -0.814. The highest BCUT2D eigenvalue weighted by molar-refractivity contribution is 7.07. The molecule has 8 nitrogen and oxygen atoms in total.